The van der Waals surface area contributed by atoms with E-state index in [1.165, 1.54) is 25.7 Å². The minimum atomic E-state index is 0.421. The Labute approximate surface area is 115 Å². The minimum Gasteiger partial charge on any atom is -0.467 e. The minimum absolute atomic E-state index is 0.421. The highest BCUT2D eigenvalue weighted by molar-refractivity contribution is 5.07. The molecule has 1 unspecified atom stereocenters. The zero-order valence-corrected chi connectivity index (χ0v) is 11.8. The first-order valence-corrected chi connectivity index (χ1v) is 6.93. The highest BCUT2D eigenvalue weighted by atomic mass is 16.5. The normalized spacial score (nSPS) is 19.0. The lowest BCUT2D eigenvalue weighted by Gasteiger charge is -2.17. The summed E-state index contributed by atoms with van der Waals surface area (Å²) in [5.74, 6) is 0. The lowest BCUT2D eigenvalue weighted by Crippen LogP contribution is -2.20. The summed E-state index contributed by atoms with van der Waals surface area (Å²) in [5.41, 5.74) is 1.11. The van der Waals surface area contributed by atoms with Gasteiger partial charge in [-0.2, -0.15) is 0 Å². The van der Waals surface area contributed by atoms with Gasteiger partial charge in [0.2, 0.25) is 0 Å². The third-order valence-corrected chi connectivity index (χ3v) is 3.41. The molecule has 19 heavy (non-hydrogen) atoms. The number of aromatic nitrogens is 2. The van der Waals surface area contributed by atoms with Crippen LogP contribution in [-0.2, 0) is 11.3 Å². The van der Waals surface area contributed by atoms with Gasteiger partial charge in [-0.15, -0.1) is 0 Å². The number of hydrogen-bond acceptors (Lipinski definition) is 5. The van der Waals surface area contributed by atoms with Crippen molar-refractivity contribution in [2.75, 3.05) is 27.3 Å². The lowest BCUT2D eigenvalue weighted by atomic mass is 10.1. The van der Waals surface area contributed by atoms with Gasteiger partial charge in [-0.3, -0.25) is 0 Å². The Hall–Kier alpha value is -1.20. The molecule has 1 fully saturated rings. The van der Waals surface area contributed by atoms with Crippen molar-refractivity contribution in [1.82, 2.24) is 14.9 Å². The summed E-state index contributed by atoms with van der Waals surface area (Å²) in [7, 11) is 3.70. The lowest BCUT2D eigenvalue weighted by molar-refractivity contribution is 0.0995. The number of methoxy groups -OCH3 is 1. The molecule has 1 aliphatic heterocycles. The van der Waals surface area contributed by atoms with Crippen LogP contribution in [0.15, 0.2) is 12.4 Å². The number of ether oxygens (including phenoxy) is 2. The summed E-state index contributed by atoms with van der Waals surface area (Å²) < 4.78 is 10.6. The zero-order valence-electron chi connectivity index (χ0n) is 11.8. The Morgan fingerprint density at radius 1 is 1.42 bits per heavy atom. The van der Waals surface area contributed by atoms with Gasteiger partial charge in [0.1, 0.15) is 0 Å². The van der Waals surface area contributed by atoms with Gasteiger partial charge >= 0.3 is 6.01 Å². The summed E-state index contributed by atoms with van der Waals surface area (Å²) in [6.45, 7) is 2.89. The highest BCUT2D eigenvalue weighted by Gasteiger charge is 2.14. The van der Waals surface area contributed by atoms with E-state index in [9.17, 15) is 0 Å². The van der Waals surface area contributed by atoms with Crippen LogP contribution in [0.1, 0.15) is 31.2 Å². The van der Waals surface area contributed by atoms with Crippen molar-refractivity contribution in [3.05, 3.63) is 18.0 Å². The van der Waals surface area contributed by atoms with Crippen molar-refractivity contribution < 1.29 is 9.47 Å². The van der Waals surface area contributed by atoms with Crippen LogP contribution >= 0.6 is 0 Å². The Morgan fingerprint density at radius 3 is 2.84 bits per heavy atom. The van der Waals surface area contributed by atoms with Crippen LogP contribution in [-0.4, -0.2) is 48.3 Å². The number of nitrogens with zero attached hydrogens (tertiary/aromatic N) is 3. The van der Waals surface area contributed by atoms with Gasteiger partial charge in [0, 0.05) is 31.1 Å². The van der Waals surface area contributed by atoms with Crippen LogP contribution < -0.4 is 4.74 Å². The molecule has 0 amide bonds. The molecule has 1 saturated heterocycles. The monoisotopic (exact) mass is 265 g/mol. The second kappa shape index (κ2) is 7.40. The van der Waals surface area contributed by atoms with E-state index in [2.05, 4.69) is 21.9 Å². The van der Waals surface area contributed by atoms with Crippen molar-refractivity contribution in [2.24, 2.45) is 0 Å². The molecule has 0 saturated carbocycles. The molecule has 0 bridgehead atoms. The molecule has 1 atom stereocenters. The molecule has 0 N–H and O–H groups in total. The van der Waals surface area contributed by atoms with Gasteiger partial charge in [-0.25, -0.2) is 9.97 Å². The van der Waals surface area contributed by atoms with Gasteiger partial charge in [0.25, 0.3) is 0 Å². The number of rotatable bonds is 7. The van der Waals surface area contributed by atoms with Crippen LogP contribution in [0.2, 0.25) is 0 Å². The maximum absolute atomic E-state index is 5.63. The molecule has 2 rings (SSSR count). The van der Waals surface area contributed by atoms with E-state index in [0.717, 1.165) is 25.3 Å². The molecule has 2 heterocycles. The van der Waals surface area contributed by atoms with Crippen molar-refractivity contribution in [2.45, 2.75) is 38.3 Å². The molecule has 1 aromatic heterocycles. The Bertz CT molecular complexity index is 363. The average Bonchev–Trinajstić information content (AvgIpc) is 2.93. The Balaban J connectivity index is 1.66. The second-order valence-corrected chi connectivity index (χ2v) is 5.09. The van der Waals surface area contributed by atoms with Crippen molar-refractivity contribution >= 4 is 0 Å². The summed E-state index contributed by atoms with van der Waals surface area (Å²) in [5, 5.41) is 0. The fraction of sp³-hybridized carbons (Fsp3) is 0.714. The summed E-state index contributed by atoms with van der Waals surface area (Å²) >= 11 is 0. The maximum Gasteiger partial charge on any atom is 0.316 e. The van der Waals surface area contributed by atoms with E-state index >= 15 is 0 Å². The van der Waals surface area contributed by atoms with E-state index < -0.39 is 0 Å². The largest absolute Gasteiger partial charge is 0.467 e. The first-order valence-electron chi connectivity index (χ1n) is 6.93. The van der Waals surface area contributed by atoms with Crippen LogP contribution in [0.25, 0.3) is 0 Å². The van der Waals surface area contributed by atoms with Crippen LogP contribution in [0.3, 0.4) is 0 Å². The molecule has 106 valence electrons. The van der Waals surface area contributed by atoms with E-state index in [1.807, 2.05) is 12.4 Å². The van der Waals surface area contributed by atoms with E-state index in [0.29, 0.717) is 12.1 Å². The van der Waals surface area contributed by atoms with Crippen LogP contribution in [0.4, 0.5) is 0 Å². The molecular weight excluding hydrogens is 242 g/mol. The SMILES string of the molecule is COc1ncc(CN(C)CCCC2CCCO2)cn1. The molecule has 5 nitrogen and oxygen atoms in total. The van der Waals surface area contributed by atoms with Gasteiger partial charge < -0.3 is 14.4 Å². The smallest absolute Gasteiger partial charge is 0.316 e. The first kappa shape index (κ1) is 14.2. The Morgan fingerprint density at radius 2 is 2.21 bits per heavy atom. The average molecular weight is 265 g/mol. The summed E-state index contributed by atoms with van der Waals surface area (Å²) in [6, 6.07) is 0.421. The van der Waals surface area contributed by atoms with Crippen molar-refractivity contribution in [1.29, 1.82) is 0 Å². The van der Waals surface area contributed by atoms with Gasteiger partial charge in [0.15, 0.2) is 0 Å². The summed E-state index contributed by atoms with van der Waals surface area (Å²) in [4.78, 5) is 10.5. The maximum atomic E-state index is 5.63. The number of hydrogen-bond donors (Lipinski definition) is 0. The highest BCUT2D eigenvalue weighted by Crippen LogP contribution is 2.17. The van der Waals surface area contributed by atoms with Crippen molar-refractivity contribution in [3.63, 3.8) is 0 Å². The molecule has 0 spiro atoms. The zero-order chi connectivity index (χ0) is 13.5. The molecule has 0 radical (unpaired) electrons. The van der Waals surface area contributed by atoms with Crippen LogP contribution in [0.5, 0.6) is 6.01 Å². The second-order valence-electron chi connectivity index (χ2n) is 5.09. The standard InChI is InChI=1S/C14H23N3O2/c1-17(7-3-5-13-6-4-8-19-13)11-12-9-15-14(18-2)16-10-12/h9-10,13H,3-8,11H2,1-2H3. The fourth-order valence-electron chi connectivity index (χ4n) is 2.38. The van der Waals surface area contributed by atoms with Gasteiger partial charge in [-0.05, 0) is 39.3 Å². The van der Waals surface area contributed by atoms with E-state index in [1.54, 1.807) is 7.11 Å². The third kappa shape index (κ3) is 4.76. The van der Waals surface area contributed by atoms with E-state index in [4.69, 9.17) is 9.47 Å². The molecular formula is C14H23N3O2. The summed E-state index contributed by atoms with van der Waals surface area (Å²) in [6.07, 6.45) is 8.95. The molecule has 1 aliphatic rings. The molecule has 0 aliphatic carbocycles. The predicted octanol–water partition coefficient (Wildman–Crippen LogP) is 1.88. The Kier molecular flexibility index (Phi) is 5.54. The predicted molar refractivity (Wildman–Crippen MR) is 73.1 cm³/mol. The quantitative estimate of drug-likeness (QED) is 0.753. The topological polar surface area (TPSA) is 47.5 Å². The fourth-order valence-corrected chi connectivity index (χ4v) is 2.38. The van der Waals surface area contributed by atoms with E-state index in [-0.39, 0.29) is 0 Å². The van der Waals surface area contributed by atoms with Crippen molar-refractivity contribution in [3.8, 4) is 6.01 Å². The molecule has 1 aromatic rings. The third-order valence-electron chi connectivity index (χ3n) is 3.41. The van der Waals surface area contributed by atoms with Gasteiger partial charge in [-0.1, -0.05) is 0 Å². The molecule has 0 aromatic carbocycles. The van der Waals surface area contributed by atoms with Crippen LogP contribution in [0, 0.1) is 0 Å². The first-order chi connectivity index (χ1) is 9.28. The van der Waals surface area contributed by atoms with Gasteiger partial charge in [0.05, 0.1) is 13.2 Å². The molecule has 5 heteroatoms.